The van der Waals surface area contributed by atoms with Gasteiger partial charge in [-0.2, -0.15) is 0 Å². The van der Waals surface area contributed by atoms with Gasteiger partial charge in [0, 0.05) is 18.3 Å². The van der Waals surface area contributed by atoms with Gasteiger partial charge >= 0.3 is 5.97 Å². The van der Waals surface area contributed by atoms with Crippen LogP contribution in [0.25, 0.3) is 0 Å². The van der Waals surface area contributed by atoms with E-state index in [4.69, 9.17) is 4.74 Å². The normalized spacial score (nSPS) is 41.6. The summed E-state index contributed by atoms with van der Waals surface area (Å²) in [6.07, 6.45) is 10.5. The quantitative estimate of drug-likeness (QED) is 0.625. The molecular weight excluding hydrogens is 392 g/mol. The number of fused-ring (bicyclic) bond motifs is 5. The molecule has 4 aliphatic carbocycles. The van der Waals surface area contributed by atoms with Gasteiger partial charge in [-0.15, -0.1) is 0 Å². The van der Waals surface area contributed by atoms with Gasteiger partial charge in [0.05, 0.1) is 0 Å². The molecule has 3 unspecified atom stereocenters. The highest BCUT2D eigenvalue weighted by molar-refractivity contribution is 5.92. The summed E-state index contributed by atoms with van der Waals surface area (Å²) in [4.78, 5) is 37.0. The Bertz CT molecular complexity index is 800. The number of unbranched alkanes of at least 4 members (excludes halogenated alkanes) is 1. The van der Waals surface area contributed by atoms with Crippen molar-refractivity contribution in [2.75, 3.05) is 6.61 Å². The Balaban J connectivity index is 1.50. The maximum absolute atomic E-state index is 13.1. The Kier molecular flexibility index (Phi) is 5.95. The molecule has 172 valence electrons. The first-order valence-corrected chi connectivity index (χ1v) is 12.3. The van der Waals surface area contributed by atoms with Crippen LogP contribution in [0.1, 0.15) is 91.4 Å². The van der Waals surface area contributed by atoms with Crippen molar-refractivity contribution in [1.82, 2.24) is 0 Å². The number of esters is 1. The number of carbonyl (C=O) groups excluding carboxylic acids is 3. The van der Waals surface area contributed by atoms with Crippen LogP contribution in [-0.2, 0) is 19.1 Å². The largest absolute Gasteiger partial charge is 0.458 e. The minimum Gasteiger partial charge on any atom is -0.458 e. The molecule has 5 nitrogen and oxygen atoms in total. The third kappa shape index (κ3) is 3.51. The van der Waals surface area contributed by atoms with Crippen molar-refractivity contribution in [3.05, 3.63) is 11.6 Å². The monoisotopic (exact) mass is 430 g/mol. The van der Waals surface area contributed by atoms with Crippen molar-refractivity contribution in [1.29, 1.82) is 0 Å². The number of Topliss-reactive ketones (excluding diaryl/α,β-unsaturated/α-hetero) is 1. The number of hydrogen-bond donors (Lipinski definition) is 1. The first-order chi connectivity index (χ1) is 14.7. The van der Waals surface area contributed by atoms with Crippen LogP contribution < -0.4 is 0 Å². The third-order valence-corrected chi connectivity index (χ3v) is 9.67. The molecule has 0 bridgehead atoms. The molecule has 0 aromatic rings. The fraction of sp³-hybridized carbons (Fsp3) is 0.808. The molecule has 31 heavy (non-hydrogen) atoms. The number of hydrogen-bond acceptors (Lipinski definition) is 5. The molecule has 4 aliphatic rings. The lowest BCUT2D eigenvalue weighted by Gasteiger charge is -2.58. The van der Waals surface area contributed by atoms with Crippen LogP contribution in [-0.4, -0.2) is 34.9 Å². The predicted octanol–water partition coefficient (Wildman–Crippen LogP) is 4.55. The van der Waals surface area contributed by atoms with Gasteiger partial charge in [-0.05, 0) is 80.6 Å². The van der Waals surface area contributed by atoms with E-state index in [0.717, 1.165) is 51.4 Å². The van der Waals surface area contributed by atoms with Gasteiger partial charge < -0.3 is 9.84 Å². The highest BCUT2D eigenvalue weighted by Crippen LogP contribution is 2.67. The average molecular weight is 431 g/mol. The highest BCUT2D eigenvalue weighted by atomic mass is 16.5. The van der Waals surface area contributed by atoms with E-state index in [1.54, 1.807) is 0 Å². The zero-order chi connectivity index (χ0) is 22.4. The molecule has 5 heteroatoms. The number of ketones is 2. The summed E-state index contributed by atoms with van der Waals surface area (Å²) in [5, 5.41) is 11.6. The van der Waals surface area contributed by atoms with Crippen molar-refractivity contribution in [3.8, 4) is 0 Å². The molecule has 6 atom stereocenters. The molecule has 0 spiro atoms. The maximum Gasteiger partial charge on any atom is 0.306 e. The van der Waals surface area contributed by atoms with Gasteiger partial charge in [0.25, 0.3) is 0 Å². The first kappa shape index (κ1) is 22.7. The summed E-state index contributed by atoms with van der Waals surface area (Å²) >= 11 is 0. The van der Waals surface area contributed by atoms with E-state index >= 15 is 0 Å². The lowest BCUT2D eigenvalue weighted by atomic mass is 9.46. The molecule has 0 heterocycles. The molecule has 1 N–H and O–H groups in total. The SMILES string of the molecule is CCCCC(=O)OCC(=O)[C@@]1(O)CCC2C3CCC4=CC(=O)CC[C@]4(C)C3CC[C@@]21C. The molecule has 3 saturated carbocycles. The van der Waals surface area contributed by atoms with Crippen LogP contribution in [0.4, 0.5) is 0 Å². The number of rotatable bonds is 6. The summed E-state index contributed by atoms with van der Waals surface area (Å²) in [6, 6.07) is 0. The van der Waals surface area contributed by atoms with E-state index < -0.39 is 11.0 Å². The lowest BCUT2D eigenvalue weighted by Crippen LogP contribution is -2.58. The van der Waals surface area contributed by atoms with Gasteiger partial charge in [0.1, 0.15) is 5.60 Å². The molecule has 3 fully saturated rings. The summed E-state index contributed by atoms with van der Waals surface area (Å²) in [6.45, 7) is 6.12. The Labute approximate surface area is 186 Å². The summed E-state index contributed by atoms with van der Waals surface area (Å²) in [5.41, 5.74) is -0.467. The molecule has 0 saturated heterocycles. The standard InChI is InChI=1S/C26H38O5/c1-4-5-6-23(29)31-16-22(28)26(30)14-11-21-19-8-7-17-15-18(27)9-12-24(17,2)20(19)10-13-25(21,26)3/h15,19-21,30H,4-14,16H2,1-3H3/t19?,20?,21?,24-,25-,26-/m0/s1. The van der Waals surface area contributed by atoms with E-state index in [0.29, 0.717) is 37.0 Å². The van der Waals surface area contributed by atoms with Crippen LogP contribution in [0, 0.1) is 28.6 Å². The van der Waals surface area contributed by atoms with Crippen molar-refractivity contribution >= 4 is 17.5 Å². The smallest absolute Gasteiger partial charge is 0.306 e. The minimum absolute atomic E-state index is 0.0810. The molecule has 0 aliphatic heterocycles. The van der Waals surface area contributed by atoms with E-state index in [2.05, 4.69) is 13.8 Å². The summed E-state index contributed by atoms with van der Waals surface area (Å²) in [5.74, 6) is 0.874. The Morgan fingerprint density at radius 3 is 2.58 bits per heavy atom. The van der Waals surface area contributed by atoms with Crippen molar-refractivity contribution < 1.29 is 24.2 Å². The van der Waals surface area contributed by atoms with Crippen molar-refractivity contribution in [2.45, 2.75) is 97.0 Å². The first-order valence-electron chi connectivity index (χ1n) is 12.3. The van der Waals surface area contributed by atoms with Crippen LogP contribution in [0.15, 0.2) is 11.6 Å². The number of carbonyl (C=O) groups is 3. The minimum atomic E-state index is -1.41. The number of allylic oxidation sites excluding steroid dienone is 1. The molecule has 0 amide bonds. The lowest BCUT2D eigenvalue weighted by molar-refractivity contribution is -0.170. The Hall–Kier alpha value is -1.49. The fourth-order valence-corrected chi connectivity index (χ4v) is 7.69. The van der Waals surface area contributed by atoms with Crippen molar-refractivity contribution in [2.24, 2.45) is 28.6 Å². The van der Waals surface area contributed by atoms with E-state index in [1.165, 1.54) is 5.57 Å². The second-order valence-electron chi connectivity index (χ2n) is 11.0. The van der Waals surface area contributed by atoms with Gasteiger partial charge in [0.15, 0.2) is 12.4 Å². The van der Waals surface area contributed by atoms with Crippen LogP contribution in [0.5, 0.6) is 0 Å². The van der Waals surface area contributed by atoms with Gasteiger partial charge in [-0.1, -0.05) is 32.8 Å². The molecule has 0 aromatic carbocycles. The van der Waals surface area contributed by atoms with E-state index in [1.807, 2.05) is 13.0 Å². The number of aliphatic hydroxyl groups is 1. The second-order valence-corrected chi connectivity index (χ2v) is 11.0. The third-order valence-electron chi connectivity index (χ3n) is 9.67. The maximum atomic E-state index is 13.1. The number of ether oxygens (including phenoxy) is 1. The van der Waals surface area contributed by atoms with Gasteiger partial charge in [-0.3, -0.25) is 14.4 Å². The molecule has 0 aromatic heterocycles. The van der Waals surface area contributed by atoms with E-state index in [9.17, 15) is 19.5 Å². The zero-order valence-corrected chi connectivity index (χ0v) is 19.4. The summed E-state index contributed by atoms with van der Waals surface area (Å²) in [7, 11) is 0. The van der Waals surface area contributed by atoms with Gasteiger partial charge in [-0.25, -0.2) is 0 Å². The van der Waals surface area contributed by atoms with Crippen LogP contribution in [0.3, 0.4) is 0 Å². The Morgan fingerprint density at radius 1 is 1.10 bits per heavy atom. The van der Waals surface area contributed by atoms with Crippen LogP contribution >= 0.6 is 0 Å². The molecular formula is C26H38O5. The average Bonchev–Trinajstić information content (AvgIpc) is 3.03. The fourth-order valence-electron chi connectivity index (χ4n) is 7.69. The topological polar surface area (TPSA) is 80.7 Å². The van der Waals surface area contributed by atoms with Gasteiger partial charge in [0.2, 0.25) is 5.78 Å². The second kappa shape index (κ2) is 8.13. The van der Waals surface area contributed by atoms with E-state index in [-0.39, 0.29) is 29.6 Å². The zero-order valence-electron chi connectivity index (χ0n) is 19.4. The molecule has 0 radical (unpaired) electrons. The highest BCUT2D eigenvalue weighted by Gasteiger charge is 2.66. The van der Waals surface area contributed by atoms with Crippen LogP contribution in [0.2, 0.25) is 0 Å². The Morgan fingerprint density at radius 2 is 1.84 bits per heavy atom. The molecule has 4 rings (SSSR count). The predicted molar refractivity (Wildman–Crippen MR) is 117 cm³/mol. The van der Waals surface area contributed by atoms with Crippen molar-refractivity contribution in [3.63, 3.8) is 0 Å². The summed E-state index contributed by atoms with van der Waals surface area (Å²) < 4.78 is 5.22.